The highest BCUT2D eigenvalue weighted by Gasteiger charge is 2.26. The lowest BCUT2D eigenvalue weighted by molar-refractivity contribution is 0.470. The highest BCUT2D eigenvalue weighted by atomic mass is 79.9. The van der Waals surface area contributed by atoms with E-state index < -0.39 is 0 Å². The number of hydrogen-bond donors (Lipinski definition) is 3. The van der Waals surface area contributed by atoms with Crippen LogP contribution in [0.5, 0.6) is 11.5 Å². The largest absolute Gasteiger partial charge is 0.507 e. The van der Waals surface area contributed by atoms with E-state index in [-0.39, 0.29) is 16.9 Å². The molecule has 126 valence electrons. The van der Waals surface area contributed by atoms with Gasteiger partial charge in [-0.3, -0.25) is 9.98 Å². The minimum absolute atomic E-state index is 0.0808. The van der Waals surface area contributed by atoms with E-state index in [1.54, 1.807) is 17.8 Å². The molecule has 0 amide bonds. The highest BCUT2D eigenvalue weighted by molar-refractivity contribution is 9.10. The summed E-state index contributed by atoms with van der Waals surface area (Å²) in [5, 5.41) is 25.9. The van der Waals surface area contributed by atoms with E-state index in [2.05, 4.69) is 31.2 Å². The molecule has 0 saturated carbocycles. The summed E-state index contributed by atoms with van der Waals surface area (Å²) in [6.07, 6.45) is 3.53. The van der Waals surface area contributed by atoms with Crippen molar-refractivity contribution in [2.24, 2.45) is 9.98 Å². The number of rotatable bonds is 2. The molecule has 0 aliphatic carbocycles. The van der Waals surface area contributed by atoms with E-state index in [0.29, 0.717) is 15.8 Å². The Hall–Kier alpha value is -1.99. The third-order valence-corrected chi connectivity index (χ3v) is 6.55. The first-order valence-corrected chi connectivity index (χ1v) is 9.70. The molecule has 0 fully saturated rings. The van der Waals surface area contributed by atoms with E-state index in [0.717, 1.165) is 40.4 Å². The van der Waals surface area contributed by atoms with Crippen molar-refractivity contribution in [3.05, 3.63) is 38.8 Å². The molecule has 0 spiro atoms. The molecule has 0 aromatic heterocycles. The fourth-order valence-electron chi connectivity index (χ4n) is 3.52. The van der Waals surface area contributed by atoms with Crippen LogP contribution in [0.1, 0.15) is 12.0 Å². The Labute approximate surface area is 156 Å². The number of thioether (sulfide) groups is 1. The molecule has 0 bridgehead atoms. The number of hydrogen-bond acceptors (Lipinski definition) is 6. The first kappa shape index (κ1) is 15.3. The summed E-state index contributed by atoms with van der Waals surface area (Å²) < 4.78 is 0.702. The number of nitrogens with one attached hydrogen (secondary N) is 1. The zero-order chi connectivity index (χ0) is 17.1. The van der Waals surface area contributed by atoms with Crippen LogP contribution in [0.2, 0.25) is 0 Å². The number of aromatic hydroxyl groups is 2. The van der Waals surface area contributed by atoms with Crippen molar-refractivity contribution >= 4 is 50.9 Å². The summed E-state index contributed by atoms with van der Waals surface area (Å²) in [5.41, 5.74) is 3.61. The van der Waals surface area contributed by atoms with E-state index in [1.165, 1.54) is 5.56 Å². The number of phenols is 2. The number of aliphatic imine (C=N–C) groups is 1. The smallest absolute Gasteiger partial charge is 0.165 e. The number of halogens is 1. The van der Waals surface area contributed by atoms with E-state index in [1.807, 2.05) is 18.3 Å². The second-order valence-corrected chi connectivity index (χ2v) is 8.40. The average molecular weight is 416 g/mol. The number of anilines is 1. The first-order valence-electron chi connectivity index (χ1n) is 8.02. The minimum Gasteiger partial charge on any atom is -0.507 e. The molecule has 7 heteroatoms. The minimum atomic E-state index is 0.0808. The molecule has 0 unspecified atom stereocenters. The maximum atomic E-state index is 10.6. The Morgan fingerprint density at radius 1 is 1.24 bits per heavy atom. The van der Waals surface area contributed by atoms with Crippen molar-refractivity contribution in [1.29, 1.82) is 0 Å². The zero-order valence-electron chi connectivity index (χ0n) is 13.1. The summed E-state index contributed by atoms with van der Waals surface area (Å²) in [5.74, 6) is 0.426. The zero-order valence-corrected chi connectivity index (χ0v) is 15.5. The normalized spacial score (nSPS) is 19.6. The van der Waals surface area contributed by atoms with Crippen molar-refractivity contribution in [3.63, 3.8) is 0 Å². The molecule has 0 radical (unpaired) electrons. The fraction of sp³-hybridized carbons (Fsp3) is 0.222. The lowest BCUT2D eigenvalue weighted by Crippen LogP contribution is -2.31. The molecule has 5 nitrogen and oxygen atoms in total. The number of benzene rings is 2. The van der Waals surface area contributed by atoms with Gasteiger partial charge >= 0.3 is 0 Å². The molecule has 5 rings (SSSR count). The van der Waals surface area contributed by atoms with Crippen LogP contribution in [0, 0.1) is 0 Å². The van der Waals surface area contributed by atoms with Crippen LogP contribution in [0.15, 0.2) is 37.6 Å². The second-order valence-electron chi connectivity index (χ2n) is 6.30. The van der Waals surface area contributed by atoms with E-state index in [4.69, 9.17) is 0 Å². The Bertz CT molecular complexity index is 1050. The molecule has 0 saturated heterocycles. The Morgan fingerprint density at radius 3 is 3.00 bits per heavy atom. The van der Waals surface area contributed by atoms with Crippen molar-refractivity contribution in [1.82, 2.24) is 0 Å². The Kier molecular flexibility index (Phi) is 3.36. The third kappa shape index (κ3) is 2.37. The summed E-state index contributed by atoms with van der Waals surface area (Å²) >= 11 is 5.01. The molecule has 3 aliphatic heterocycles. The van der Waals surface area contributed by atoms with Crippen LogP contribution in [-0.4, -0.2) is 28.3 Å². The average Bonchev–Trinajstić information content (AvgIpc) is 3.18. The van der Waals surface area contributed by atoms with Gasteiger partial charge in [0, 0.05) is 29.3 Å². The van der Waals surface area contributed by atoms with Gasteiger partial charge in [-0.25, -0.2) is 0 Å². The Balaban J connectivity index is 1.50. The lowest BCUT2D eigenvalue weighted by atomic mass is 10.1. The fourth-order valence-corrected chi connectivity index (χ4v) is 5.14. The maximum absolute atomic E-state index is 10.6. The highest BCUT2D eigenvalue weighted by Crippen LogP contribution is 2.43. The SMILES string of the molecule is Oc1cc2c(cc1Br)C[C@H](Nc1cc3c4c(c1O)N=CC=4CCN=3)S2. The second kappa shape index (κ2) is 5.51. The van der Waals surface area contributed by atoms with Gasteiger partial charge in [0.05, 0.1) is 20.9 Å². The van der Waals surface area contributed by atoms with Gasteiger partial charge in [0.25, 0.3) is 0 Å². The predicted octanol–water partition coefficient (Wildman–Crippen LogP) is 2.84. The van der Waals surface area contributed by atoms with Gasteiger partial charge in [0.15, 0.2) is 5.75 Å². The van der Waals surface area contributed by atoms with Gasteiger partial charge in [-0.2, -0.15) is 0 Å². The molecule has 1 atom stereocenters. The van der Waals surface area contributed by atoms with Crippen molar-refractivity contribution in [2.75, 3.05) is 11.9 Å². The summed E-state index contributed by atoms with van der Waals surface area (Å²) in [7, 11) is 0. The van der Waals surface area contributed by atoms with Gasteiger partial charge < -0.3 is 15.5 Å². The lowest BCUT2D eigenvalue weighted by Gasteiger charge is -2.16. The van der Waals surface area contributed by atoms with Crippen LogP contribution < -0.4 is 15.9 Å². The van der Waals surface area contributed by atoms with E-state index >= 15 is 0 Å². The topological polar surface area (TPSA) is 77.2 Å². The van der Waals surface area contributed by atoms with Crippen molar-refractivity contribution in [3.8, 4) is 11.5 Å². The van der Waals surface area contributed by atoms with Gasteiger partial charge in [0.1, 0.15) is 11.4 Å². The van der Waals surface area contributed by atoms with Gasteiger partial charge in [-0.15, -0.1) is 11.8 Å². The number of phenolic OH excluding ortho intramolecular Hbond substituents is 2. The molecular weight excluding hydrogens is 402 g/mol. The molecular formula is C18H14BrN3O2S. The number of fused-ring (bicyclic) bond motifs is 1. The molecule has 2 aromatic rings. The number of nitrogens with zero attached hydrogens (tertiary/aromatic N) is 2. The van der Waals surface area contributed by atoms with Crippen LogP contribution in [0.25, 0.3) is 5.57 Å². The van der Waals surface area contributed by atoms with Crippen LogP contribution in [-0.2, 0) is 6.42 Å². The monoisotopic (exact) mass is 415 g/mol. The summed E-state index contributed by atoms with van der Waals surface area (Å²) in [6, 6.07) is 5.64. The van der Waals surface area contributed by atoms with Gasteiger partial charge in [-0.05, 0) is 51.7 Å². The van der Waals surface area contributed by atoms with E-state index in [9.17, 15) is 10.2 Å². The van der Waals surface area contributed by atoms with Gasteiger partial charge in [-0.1, -0.05) is 0 Å². The molecule has 2 aromatic carbocycles. The standard InChI is InChI=1S/C18H14BrN3O2S/c19-10-3-9-4-15(25-14(9)6-13(10)23)22-12-5-11-16-8(1-2-20-11)7-21-17(16)18(12)24/h3,5-7,15,22-24H,1-2,4H2/t15-/m1/s1. The maximum Gasteiger partial charge on any atom is 0.165 e. The van der Waals surface area contributed by atoms with Crippen LogP contribution >= 0.6 is 27.7 Å². The van der Waals surface area contributed by atoms with Gasteiger partial charge in [0.2, 0.25) is 0 Å². The van der Waals surface area contributed by atoms with Crippen molar-refractivity contribution < 1.29 is 10.2 Å². The van der Waals surface area contributed by atoms with Crippen LogP contribution in [0.4, 0.5) is 11.4 Å². The van der Waals surface area contributed by atoms with Crippen LogP contribution in [0.3, 0.4) is 0 Å². The molecule has 25 heavy (non-hydrogen) atoms. The predicted molar refractivity (Wildman–Crippen MR) is 103 cm³/mol. The Morgan fingerprint density at radius 2 is 2.12 bits per heavy atom. The van der Waals surface area contributed by atoms with Crippen molar-refractivity contribution in [2.45, 2.75) is 23.1 Å². The summed E-state index contributed by atoms with van der Waals surface area (Å²) in [4.78, 5) is 10.0. The molecule has 3 aliphatic rings. The molecule has 3 N–H and O–H groups in total. The molecule has 3 heterocycles. The first-order chi connectivity index (χ1) is 12.1. The third-order valence-electron chi connectivity index (χ3n) is 4.71. The summed E-state index contributed by atoms with van der Waals surface area (Å²) in [6.45, 7) is 0.759. The quantitative estimate of drug-likeness (QED) is 0.659.